The van der Waals surface area contributed by atoms with E-state index in [9.17, 15) is 13.6 Å². The minimum Gasteiger partial charge on any atom is -0.434 e. The van der Waals surface area contributed by atoms with E-state index in [1.165, 1.54) is 17.4 Å². The van der Waals surface area contributed by atoms with Gasteiger partial charge in [0, 0.05) is 22.7 Å². The average Bonchev–Trinajstić information content (AvgIpc) is 3.40. The van der Waals surface area contributed by atoms with Crippen molar-refractivity contribution >= 4 is 33.4 Å². The third-order valence-corrected chi connectivity index (χ3v) is 5.77. The molecule has 7 nitrogen and oxygen atoms in total. The number of ether oxygens (including phenoxy) is 1. The quantitative estimate of drug-likeness (QED) is 0.352. The number of rotatable bonds is 7. The lowest BCUT2D eigenvalue weighted by Crippen LogP contribution is -2.14. The van der Waals surface area contributed by atoms with Crippen molar-refractivity contribution in [3.63, 3.8) is 0 Å². The molecule has 3 aromatic heterocycles. The van der Waals surface area contributed by atoms with Crippen LogP contribution in [0.5, 0.6) is 5.75 Å². The van der Waals surface area contributed by atoms with Crippen LogP contribution in [0, 0.1) is 0 Å². The van der Waals surface area contributed by atoms with Crippen molar-refractivity contribution in [2.75, 3.05) is 5.32 Å². The molecule has 0 saturated heterocycles. The zero-order valence-corrected chi connectivity index (χ0v) is 19.4. The molecule has 0 aliphatic rings. The molecule has 0 fully saturated rings. The highest BCUT2D eigenvalue weighted by atomic mass is 32.1. The number of nitrogens with zero attached hydrogens (tertiary/aromatic N) is 4. The number of aromatic nitrogens is 4. The minimum atomic E-state index is -2.94. The maximum absolute atomic E-state index is 13.2. The van der Waals surface area contributed by atoms with Gasteiger partial charge in [0.1, 0.15) is 5.75 Å². The van der Waals surface area contributed by atoms with Crippen LogP contribution in [0.4, 0.5) is 13.9 Å². The summed E-state index contributed by atoms with van der Waals surface area (Å²) in [6.45, 7) is 5.08. The van der Waals surface area contributed by atoms with Crippen LogP contribution in [0.25, 0.3) is 22.3 Å². The van der Waals surface area contributed by atoms with Crippen LogP contribution in [-0.4, -0.2) is 32.3 Å². The number of amides is 1. The van der Waals surface area contributed by atoms with Crippen LogP contribution in [0.1, 0.15) is 55.7 Å². The summed E-state index contributed by atoms with van der Waals surface area (Å²) < 4.78 is 31.9. The van der Waals surface area contributed by atoms with Crippen molar-refractivity contribution in [2.24, 2.45) is 0 Å². The Kier molecular flexibility index (Phi) is 6.37. The first-order valence-electron chi connectivity index (χ1n) is 10.4. The molecule has 172 valence electrons. The highest BCUT2D eigenvalue weighted by Gasteiger charge is 2.20. The molecule has 4 rings (SSSR count). The van der Waals surface area contributed by atoms with Crippen LogP contribution in [-0.2, 0) is 0 Å². The fourth-order valence-corrected chi connectivity index (χ4v) is 4.10. The number of halogens is 2. The lowest BCUT2D eigenvalue weighted by atomic mass is 10.0. The largest absolute Gasteiger partial charge is 0.434 e. The van der Waals surface area contributed by atoms with Gasteiger partial charge in [-0.3, -0.25) is 10.1 Å². The van der Waals surface area contributed by atoms with Gasteiger partial charge in [0.2, 0.25) is 0 Å². The first kappa shape index (κ1) is 22.8. The lowest BCUT2D eigenvalue weighted by molar-refractivity contribution is -0.0494. The van der Waals surface area contributed by atoms with Crippen LogP contribution >= 0.6 is 11.3 Å². The molecule has 1 amide bonds. The second-order valence-electron chi connectivity index (χ2n) is 8.04. The number of nitrogens with one attached hydrogen (secondary N) is 1. The molecule has 1 N–H and O–H groups in total. The molecule has 0 aliphatic heterocycles. The molecule has 0 radical (unpaired) electrons. The molecule has 0 atom stereocenters. The summed E-state index contributed by atoms with van der Waals surface area (Å²) in [6, 6.07) is 8.26. The molecule has 0 unspecified atom stereocenters. The first-order valence-corrected chi connectivity index (χ1v) is 11.3. The van der Waals surface area contributed by atoms with E-state index in [0.29, 0.717) is 33.0 Å². The number of benzene rings is 1. The number of hydrogen-bond donors (Lipinski definition) is 1. The van der Waals surface area contributed by atoms with Crippen molar-refractivity contribution in [2.45, 2.75) is 46.3 Å². The van der Waals surface area contributed by atoms with Gasteiger partial charge in [0.05, 0.1) is 22.8 Å². The van der Waals surface area contributed by atoms with E-state index in [4.69, 9.17) is 4.98 Å². The van der Waals surface area contributed by atoms with Crippen LogP contribution in [0.2, 0.25) is 0 Å². The number of carbonyl (C=O) groups is 1. The normalized spacial score (nSPS) is 11.7. The summed E-state index contributed by atoms with van der Waals surface area (Å²) in [5.74, 6) is -0.200. The zero-order chi connectivity index (χ0) is 23.7. The second kappa shape index (κ2) is 9.22. The number of anilines is 1. The number of thiazole rings is 1. The van der Waals surface area contributed by atoms with Crippen molar-refractivity contribution < 1.29 is 18.3 Å². The van der Waals surface area contributed by atoms with Crippen LogP contribution < -0.4 is 10.1 Å². The van der Waals surface area contributed by atoms with Gasteiger partial charge >= 0.3 is 6.61 Å². The Morgan fingerprint density at radius 3 is 2.61 bits per heavy atom. The lowest BCUT2D eigenvalue weighted by Gasteiger charge is -2.12. The molecule has 1 aromatic carbocycles. The van der Waals surface area contributed by atoms with Gasteiger partial charge < -0.3 is 4.74 Å². The Morgan fingerprint density at radius 2 is 1.91 bits per heavy atom. The standard InChI is InChI=1S/C23H23F2N5O2S/c1-12(2)17-9-15(16-10-26-30(13(3)4)20(16)27-17)21(31)29-23-28-18(11-33-23)14-7-5-6-8-19(14)32-22(24)25/h5-13,22H,1-4H3,(H,28,29,31). The van der Waals surface area contributed by atoms with Gasteiger partial charge in [-0.15, -0.1) is 11.3 Å². The van der Waals surface area contributed by atoms with Gasteiger partial charge in [-0.1, -0.05) is 26.0 Å². The topological polar surface area (TPSA) is 81.9 Å². The van der Waals surface area contributed by atoms with E-state index in [1.807, 2.05) is 27.7 Å². The number of pyridine rings is 1. The van der Waals surface area contributed by atoms with E-state index in [2.05, 4.69) is 20.1 Å². The summed E-state index contributed by atoms with van der Waals surface area (Å²) in [4.78, 5) is 22.3. The summed E-state index contributed by atoms with van der Waals surface area (Å²) in [6.07, 6.45) is 1.65. The van der Waals surface area contributed by atoms with Crippen molar-refractivity contribution in [1.29, 1.82) is 0 Å². The monoisotopic (exact) mass is 471 g/mol. The molecular formula is C23H23F2N5O2S. The van der Waals surface area contributed by atoms with Gasteiger partial charge in [-0.05, 0) is 38.0 Å². The fourth-order valence-electron chi connectivity index (χ4n) is 3.40. The average molecular weight is 472 g/mol. The Hall–Kier alpha value is -3.40. The molecule has 33 heavy (non-hydrogen) atoms. The maximum atomic E-state index is 13.2. The van der Waals surface area contributed by atoms with Gasteiger partial charge in [-0.25, -0.2) is 14.6 Å². The van der Waals surface area contributed by atoms with Crippen LogP contribution in [0.15, 0.2) is 41.9 Å². The third kappa shape index (κ3) is 4.70. The minimum absolute atomic E-state index is 0.0224. The van der Waals surface area contributed by atoms with E-state index >= 15 is 0 Å². The predicted molar refractivity (Wildman–Crippen MR) is 124 cm³/mol. The molecule has 0 aliphatic carbocycles. The van der Waals surface area contributed by atoms with E-state index < -0.39 is 6.61 Å². The molecule has 4 aromatic rings. The molecule has 0 spiro atoms. The van der Waals surface area contributed by atoms with Crippen molar-refractivity contribution in [3.8, 4) is 17.0 Å². The zero-order valence-electron chi connectivity index (χ0n) is 18.5. The molecule has 3 heterocycles. The summed E-state index contributed by atoms with van der Waals surface area (Å²) in [5.41, 5.74) is 2.74. The Labute approximate surface area is 193 Å². The van der Waals surface area contributed by atoms with E-state index in [-0.39, 0.29) is 23.6 Å². The van der Waals surface area contributed by atoms with Gasteiger partial charge in [-0.2, -0.15) is 13.9 Å². The predicted octanol–water partition coefficient (Wildman–Crippen LogP) is 6.11. The fraction of sp³-hybridized carbons (Fsp3) is 0.304. The summed E-state index contributed by atoms with van der Waals surface area (Å²) in [5, 5.41) is 9.90. The van der Waals surface area contributed by atoms with Crippen LogP contribution in [0.3, 0.4) is 0 Å². The SMILES string of the molecule is CC(C)c1cc(C(=O)Nc2nc(-c3ccccc3OC(F)F)cs2)c2cnn(C(C)C)c2n1. The van der Waals surface area contributed by atoms with E-state index in [0.717, 1.165) is 5.69 Å². The number of fused-ring (bicyclic) bond motifs is 1. The Morgan fingerprint density at radius 1 is 1.15 bits per heavy atom. The molecule has 10 heteroatoms. The second-order valence-corrected chi connectivity index (χ2v) is 8.89. The highest BCUT2D eigenvalue weighted by molar-refractivity contribution is 7.14. The highest BCUT2D eigenvalue weighted by Crippen LogP contribution is 2.33. The maximum Gasteiger partial charge on any atom is 0.387 e. The Bertz CT molecular complexity index is 1300. The number of alkyl halides is 2. The summed E-state index contributed by atoms with van der Waals surface area (Å²) >= 11 is 1.20. The van der Waals surface area contributed by atoms with Gasteiger partial charge in [0.25, 0.3) is 5.91 Å². The third-order valence-electron chi connectivity index (χ3n) is 5.02. The van der Waals surface area contributed by atoms with Gasteiger partial charge in [0.15, 0.2) is 10.8 Å². The molecular weight excluding hydrogens is 448 g/mol. The van der Waals surface area contributed by atoms with Crippen molar-refractivity contribution in [3.05, 3.63) is 53.2 Å². The first-order chi connectivity index (χ1) is 15.7. The van der Waals surface area contributed by atoms with Crippen molar-refractivity contribution in [1.82, 2.24) is 19.7 Å². The van der Waals surface area contributed by atoms with E-state index in [1.54, 1.807) is 40.5 Å². The summed E-state index contributed by atoms with van der Waals surface area (Å²) in [7, 11) is 0. The number of carbonyl (C=O) groups excluding carboxylic acids is 1. The Balaban J connectivity index is 1.66. The number of hydrogen-bond acceptors (Lipinski definition) is 6. The number of para-hydroxylation sites is 1. The molecule has 0 bridgehead atoms. The smallest absolute Gasteiger partial charge is 0.387 e. The molecule has 0 saturated carbocycles.